The molecule has 3 rings (SSSR count). The number of carbonyl (C=O) groups excluding carboxylic acids is 1. The van der Waals surface area contributed by atoms with Crippen LogP contribution in [0.4, 0.5) is 0 Å². The van der Waals surface area contributed by atoms with Gasteiger partial charge in [0.25, 0.3) is 0 Å². The van der Waals surface area contributed by atoms with Gasteiger partial charge in [-0.15, -0.1) is 0 Å². The molecule has 1 aromatic rings. The van der Waals surface area contributed by atoms with E-state index in [9.17, 15) is 4.79 Å². The van der Waals surface area contributed by atoms with E-state index < -0.39 is 0 Å². The Bertz CT molecular complexity index is 582. The number of hydrogen-bond donors (Lipinski definition) is 1. The number of primary amides is 1. The number of benzene rings is 1. The summed E-state index contributed by atoms with van der Waals surface area (Å²) in [6.45, 7) is 0.548. The van der Waals surface area contributed by atoms with Crippen LogP contribution < -0.4 is 5.73 Å². The SMILES string of the molecule is NC(=O)C1=CC=C2c3ccccc3C=CN2C1. The number of carbonyl (C=O) groups is 1. The third-order valence-electron chi connectivity index (χ3n) is 3.08. The molecule has 2 aliphatic heterocycles. The fourth-order valence-electron chi connectivity index (χ4n) is 2.18. The van der Waals surface area contributed by atoms with Crippen LogP contribution in [-0.4, -0.2) is 17.4 Å². The van der Waals surface area contributed by atoms with Crippen LogP contribution in [0.1, 0.15) is 11.1 Å². The van der Waals surface area contributed by atoms with Crippen molar-refractivity contribution < 1.29 is 4.79 Å². The van der Waals surface area contributed by atoms with E-state index in [1.807, 2.05) is 35.4 Å². The molecule has 0 aliphatic carbocycles. The van der Waals surface area contributed by atoms with E-state index in [0.29, 0.717) is 12.1 Å². The molecule has 0 unspecified atom stereocenters. The zero-order valence-electron chi connectivity index (χ0n) is 9.26. The average Bonchev–Trinajstić information content (AvgIpc) is 2.38. The van der Waals surface area contributed by atoms with Crippen LogP contribution in [-0.2, 0) is 4.79 Å². The molecule has 17 heavy (non-hydrogen) atoms. The number of allylic oxidation sites excluding steroid dienone is 2. The Hall–Kier alpha value is -2.29. The van der Waals surface area contributed by atoms with Crippen LogP contribution in [0.5, 0.6) is 0 Å². The summed E-state index contributed by atoms with van der Waals surface area (Å²) < 4.78 is 0. The lowest BCUT2D eigenvalue weighted by atomic mass is 9.97. The molecule has 2 heterocycles. The minimum Gasteiger partial charge on any atom is -0.366 e. The van der Waals surface area contributed by atoms with Crippen LogP contribution in [0.15, 0.2) is 48.2 Å². The predicted molar refractivity (Wildman–Crippen MR) is 67.4 cm³/mol. The molecule has 1 aromatic carbocycles. The fraction of sp³-hybridized carbons (Fsp3) is 0.0714. The maximum atomic E-state index is 11.1. The van der Waals surface area contributed by atoms with E-state index >= 15 is 0 Å². The van der Waals surface area contributed by atoms with Gasteiger partial charge in [0.15, 0.2) is 0 Å². The molecule has 84 valence electrons. The molecule has 0 fully saturated rings. The van der Waals surface area contributed by atoms with E-state index in [4.69, 9.17) is 5.73 Å². The van der Waals surface area contributed by atoms with Gasteiger partial charge >= 0.3 is 0 Å². The second-order valence-corrected chi connectivity index (χ2v) is 4.14. The van der Waals surface area contributed by atoms with Gasteiger partial charge in [-0.25, -0.2) is 0 Å². The zero-order valence-corrected chi connectivity index (χ0v) is 9.26. The monoisotopic (exact) mass is 224 g/mol. The highest BCUT2D eigenvalue weighted by molar-refractivity contribution is 5.94. The van der Waals surface area contributed by atoms with Crippen LogP contribution in [0.25, 0.3) is 11.8 Å². The number of hydrogen-bond acceptors (Lipinski definition) is 2. The Morgan fingerprint density at radius 1 is 1.24 bits per heavy atom. The summed E-state index contributed by atoms with van der Waals surface area (Å²) in [6.07, 6.45) is 7.80. The first kappa shape index (κ1) is 9.90. The fourth-order valence-corrected chi connectivity index (χ4v) is 2.18. The second kappa shape index (κ2) is 3.63. The molecule has 2 N–H and O–H groups in total. The summed E-state index contributed by atoms with van der Waals surface area (Å²) in [6, 6.07) is 8.20. The summed E-state index contributed by atoms with van der Waals surface area (Å²) in [4.78, 5) is 13.2. The lowest BCUT2D eigenvalue weighted by Gasteiger charge is -2.31. The number of nitrogens with zero attached hydrogens (tertiary/aromatic N) is 1. The molecule has 3 heteroatoms. The number of nitrogens with two attached hydrogens (primary N) is 1. The molecule has 0 atom stereocenters. The molecule has 2 aliphatic rings. The van der Waals surface area contributed by atoms with E-state index in [1.54, 1.807) is 0 Å². The highest BCUT2D eigenvalue weighted by Gasteiger charge is 2.21. The van der Waals surface area contributed by atoms with Crippen molar-refractivity contribution in [2.45, 2.75) is 0 Å². The van der Waals surface area contributed by atoms with Crippen molar-refractivity contribution >= 4 is 17.7 Å². The number of amides is 1. The van der Waals surface area contributed by atoms with Gasteiger partial charge in [0.05, 0.1) is 6.54 Å². The largest absolute Gasteiger partial charge is 0.366 e. The molecule has 0 radical (unpaired) electrons. The van der Waals surface area contributed by atoms with Crippen LogP contribution >= 0.6 is 0 Å². The third kappa shape index (κ3) is 1.56. The number of fused-ring (bicyclic) bond motifs is 3. The van der Waals surface area contributed by atoms with Crippen molar-refractivity contribution in [2.24, 2.45) is 5.73 Å². The first-order chi connectivity index (χ1) is 8.25. The summed E-state index contributed by atoms with van der Waals surface area (Å²) in [7, 11) is 0. The Morgan fingerprint density at radius 2 is 2.06 bits per heavy atom. The molecule has 0 saturated heterocycles. The molecular weight excluding hydrogens is 212 g/mol. The van der Waals surface area contributed by atoms with Gasteiger partial charge in [0, 0.05) is 23.0 Å². The normalized spacial score (nSPS) is 16.8. The van der Waals surface area contributed by atoms with E-state index in [2.05, 4.69) is 18.2 Å². The zero-order chi connectivity index (χ0) is 11.8. The van der Waals surface area contributed by atoms with Gasteiger partial charge in [-0.1, -0.05) is 24.3 Å². The van der Waals surface area contributed by atoms with Gasteiger partial charge in [0.1, 0.15) is 0 Å². The van der Waals surface area contributed by atoms with Crippen LogP contribution in [0.2, 0.25) is 0 Å². The van der Waals surface area contributed by atoms with E-state index in [0.717, 1.165) is 5.70 Å². The third-order valence-corrected chi connectivity index (χ3v) is 3.08. The average molecular weight is 224 g/mol. The van der Waals surface area contributed by atoms with E-state index in [-0.39, 0.29) is 5.91 Å². The molecule has 3 nitrogen and oxygen atoms in total. The lowest BCUT2D eigenvalue weighted by molar-refractivity contribution is -0.114. The van der Waals surface area contributed by atoms with Gasteiger partial charge in [0.2, 0.25) is 5.91 Å². The Labute approximate surface area is 99.5 Å². The second-order valence-electron chi connectivity index (χ2n) is 4.14. The molecular formula is C14H12N2O. The van der Waals surface area contributed by atoms with Crippen molar-refractivity contribution in [1.82, 2.24) is 4.90 Å². The Balaban J connectivity index is 2.10. The molecule has 0 saturated carbocycles. The van der Waals surface area contributed by atoms with Crippen LogP contribution in [0, 0.1) is 0 Å². The first-order valence-corrected chi connectivity index (χ1v) is 5.50. The van der Waals surface area contributed by atoms with Crippen molar-refractivity contribution in [2.75, 3.05) is 6.54 Å². The predicted octanol–water partition coefficient (Wildman–Crippen LogP) is 1.74. The summed E-state index contributed by atoms with van der Waals surface area (Å²) in [5.41, 5.74) is 9.44. The first-order valence-electron chi connectivity index (χ1n) is 5.50. The van der Waals surface area contributed by atoms with Crippen molar-refractivity contribution in [3.8, 4) is 0 Å². The highest BCUT2D eigenvalue weighted by atomic mass is 16.1. The Morgan fingerprint density at radius 3 is 2.88 bits per heavy atom. The van der Waals surface area contributed by atoms with Gasteiger partial charge in [-0.2, -0.15) is 0 Å². The van der Waals surface area contributed by atoms with Crippen LogP contribution in [0.3, 0.4) is 0 Å². The topological polar surface area (TPSA) is 46.3 Å². The molecule has 0 bridgehead atoms. The molecule has 0 aromatic heterocycles. The quantitative estimate of drug-likeness (QED) is 0.789. The van der Waals surface area contributed by atoms with Crippen molar-refractivity contribution in [3.05, 3.63) is 59.3 Å². The lowest BCUT2D eigenvalue weighted by Crippen LogP contribution is -2.29. The summed E-state index contributed by atoms with van der Waals surface area (Å²) in [5.74, 6) is -0.354. The highest BCUT2D eigenvalue weighted by Crippen LogP contribution is 2.31. The van der Waals surface area contributed by atoms with Gasteiger partial charge in [-0.3, -0.25) is 4.79 Å². The summed E-state index contributed by atoms with van der Waals surface area (Å²) >= 11 is 0. The van der Waals surface area contributed by atoms with Crippen molar-refractivity contribution in [1.29, 1.82) is 0 Å². The minimum absolute atomic E-state index is 0.354. The smallest absolute Gasteiger partial charge is 0.246 e. The van der Waals surface area contributed by atoms with Gasteiger partial charge < -0.3 is 10.6 Å². The summed E-state index contributed by atoms with van der Waals surface area (Å²) in [5, 5.41) is 0. The standard InChI is InChI=1S/C14H12N2O/c15-14(17)11-5-6-13-12-4-2-1-3-10(12)7-8-16(13)9-11/h1-8H,9H2,(H2,15,17). The van der Waals surface area contributed by atoms with Crippen molar-refractivity contribution in [3.63, 3.8) is 0 Å². The Kier molecular flexibility index (Phi) is 2.11. The van der Waals surface area contributed by atoms with Gasteiger partial charge in [-0.05, 0) is 23.8 Å². The maximum Gasteiger partial charge on any atom is 0.246 e. The maximum absolute atomic E-state index is 11.1. The van der Waals surface area contributed by atoms with E-state index in [1.165, 1.54) is 11.1 Å². The molecule has 0 spiro atoms. The molecule has 1 amide bonds. The number of rotatable bonds is 1. The minimum atomic E-state index is -0.354.